The second kappa shape index (κ2) is 2.97. The van der Waals surface area contributed by atoms with Crippen LogP contribution in [0.2, 0.25) is 0 Å². The Kier molecular flexibility index (Phi) is 2.22. The van der Waals surface area contributed by atoms with Gasteiger partial charge in [-0.2, -0.15) is 0 Å². The van der Waals surface area contributed by atoms with Gasteiger partial charge in [0.1, 0.15) is 6.61 Å². The SMILES string of the molecule is CCC1CCOCC1=O. The third-order valence-corrected chi connectivity index (χ3v) is 1.80. The fraction of sp³-hybridized carbons (Fsp3) is 0.857. The average molecular weight is 128 g/mol. The normalized spacial score (nSPS) is 28.6. The summed E-state index contributed by atoms with van der Waals surface area (Å²) in [7, 11) is 0. The van der Waals surface area contributed by atoms with Crippen molar-refractivity contribution in [2.24, 2.45) is 5.92 Å². The second-order valence-corrected chi connectivity index (χ2v) is 2.41. The monoisotopic (exact) mass is 128 g/mol. The standard InChI is InChI=1S/C7H12O2/c1-2-6-3-4-9-5-7(6)8/h6H,2-5H2,1H3. The summed E-state index contributed by atoms with van der Waals surface area (Å²) in [4.78, 5) is 10.9. The van der Waals surface area contributed by atoms with Crippen LogP contribution in [0.1, 0.15) is 19.8 Å². The lowest BCUT2D eigenvalue weighted by molar-refractivity contribution is -0.132. The van der Waals surface area contributed by atoms with E-state index < -0.39 is 0 Å². The number of Topliss-reactive ketones (excluding diaryl/α,β-unsaturated/α-hetero) is 1. The molecular weight excluding hydrogens is 116 g/mol. The van der Waals surface area contributed by atoms with Crippen molar-refractivity contribution in [3.8, 4) is 0 Å². The number of hydrogen-bond donors (Lipinski definition) is 0. The van der Waals surface area contributed by atoms with Crippen LogP contribution in [-0.2, 0) is 9.53 Å². The Morgan fingerprint density at radius 1 is 1.78 bits per heavy atom. The van der Waals surface area contributed by atoms with Crippen molar-refractivity contribution in [1.29, 1.82) is 0 Å². The molecule has 0 aromatic rings. The molecule has 1 aliphatic heterocycles. The highest BCUT2D eigenvalue weighted by Crippen LogP contribution is 2.13. The van der Waals surface area contributed by atoms with Crippen molar-refractivity contribution in [2.75, 3.05) is 13.2 Å². The molecule has 1 fully saturated rings. The third-order valence-electron chi connectivity index (χ3n) is 1.80. The third kappa shape index (κ3) is 1.52. The molecule has 2 nitrogen and oxygen atoms in total. The maximum atomic E-state index is 10.9. The zero-order valence-corrected chi connectivity index (χ0v) is 5.72. The highest BCUT2D eigenvalue weighted by molar-refractivity contribution is 5.82. The van der Waals surface area contributed by atoms with Crippen LogP contribution in [0.5, 0.6) is 0 Å². The molecule has 0 N–H and O–H groups in total. The molecule has 52 valence electrons. The molecular formula is C7H12O2. The Balaban J connectivity index is 2.39. The van der Waals surface area contributed by atoms with Gasteiger partial charge in [-0.25, -0.2) is 0 Å². The van der Waals surface area contributed by atoms with E-state index in [1.807, 2.05) is 6.92 Å². The van der Waals surface area contributed by atoms with Gasteiger partial charge in [-0.15, -0.1) is 0 Å². The lowest BCUT2D eigenvalue weighted by Gasteiger charge is -2.18. The average Bonchev–Trinajstić information content (AvgIpc) is 1.89. The lowest BCUT2D eigenvalue weighted by Crippen LogP contribution is -2.26. The number of ether oxygens (including phenoxy) is 1. The van der Waals surface area contributed by atoms with Gasteiger partial charge in [-0.1, -0.05) is 6.92 Å². The lowest BCUT2D eigenvalue weighted by atomic mass is 9.96. The summed E-state index contributed by atoms with van der Waals surface area (Å²) in [5.74, 6) is 0.572. The smallest absolute Gasteiger partial charge is 0.161 e. The Bertz CT molecular complexity index is 109. The summed E-state index contributed by atoms with van der Waals surface area (Å²) in [5.41, 5.74) is 0. The van der Waals surface area contributed by atoms with Gasteiger partial charge in [-0.3, -0.25) is 4.79 Å². The van der Waals surface area contributed by atoms with E-state index in [1.165, 1.54) is 0 Å². The van der Waals surface area contributed by atoms with Crippen LogP contribution >= 0.6 is 0 Å². The number of carbonyl (C=O) groups excluding carboxylic acids is 1. The predicted octanol–water partition coefficient (Wildman–Crippen LogP) is 1.00. The summed E-state index contributed by atoms with van der Waals surface area (Å²) in [6.45, 7) is 3.16. The molecule has 0 spiro atoms. The van der Waals surface area contributed by atoms with E-state index in [-0.39, 0.29) is 5.78 Å². The largest absolute Gasteiger partial charge is 0.374 e. The molecule has 1 heterocycles. The minimum atomic E-state index is 0.281. The topological polar surface area (TPSA) is 26.3 Å². The van der Waals surface area contributed by atoms with Crippen LogP contribution in [0, 0.1) is 5.92 Å². The minimum absolute atomic E-state index is 0.281. The number of rotatable bonds is 1. The van der Waals surface area contributed by atoms with E-state index in [2.05, 4.69) is 0 Å². The summed E-state index contributed by atoms with van der Waals surface area (Å²) in [6.07, 6.45) is 1.90. The Labute approximate surface area is 55.2 Å². The van der Waals surface area contributed by atoms with Crippen molar-refractivity contribution >= 4 is 5.78 Å². The summed E-state index contributed by atoms with van der Waals surface area (Å²) >= 11 is 0. The Hall–Kier alpha value is -0.370. The van der Waals surface area contributed by atoms with Gasteiger partial charge >= 0.3 is 0 Å². The van der Waals surface area contributed by atoms with Crippen LogP contribution < -0.4 is 0 Å². The quantitative estimate of drug-likeness (QED) is 0.526. The van der Waals surface area contributed by atoms with Gasteiger partial charge < -0.3 is 4.74 Å². The van der Waals surface area contributed by atoms with Crippen LogP contribution in [0.4, 0.5) is 0 Å². The molecule has 0 aromatic carbocycles. The highest BCUT2D eigenvalue weighted by Gasteiger charge is 2.19. The first-order chi connectivity index (χ1) is 4.34. The molecule has 1 aliphatic rings. The molecule has 9 heavy (non-hydrogen) atoms. The Morgan fingerprint density at radius 3 is 3.00 bits per heavy atom. The van der Waals surface area contributed by atoms with Gasteiger partial charge in [0.15, 0.2) is 5.78 Å². The summed E-state index contributed by atoms with van der Waals surface area (Å²) in [6, 6.07) is 0. The van der Waals surface area contributed by atoms with E-state index in [9.17, 15) is 4.79 Å². The van der Waals surface area contributed by atoms with E-state index in [4.69, 9.17) is 4.74 Å². The molecule has 0 radical (unpaired) electrons. The molecule has 0 aromatic heterocycles. The van der Waals surface area contributed by atoms with Gasteiger partial charge in [0.2, 0.25) is 0 Å². The van der Waals surface area contributed by atoms with Crippen molar-refractivity contribution in [1.82, 2.24) is 0 Å². The summed E-state index contributed by atoms with van der Waals surface area (Å²) < 4.78 is 4.96. The molecule has 0 bridgehead atoms. The van der Waals surface area contributed by atoms with Crippen LogP contribution in [0.15, 0.2) is 0 Å². The zero-order chi connectivity index (χ0) is 6.69. The zero-order valence-electron chi connectivity index (χ0n) is 5.72. The fourth-order valence-electron chi connectivity index (χ4n) is 1.11. The molecule has 2 heteroatoms. The van der Waals surface area contributed by atoms with Gasteiger partial charge in [-0.05, 0) is 12.8 Å². The number of ketones is 1. The first kappa shape index (κ1) is 6.75. The number of hydrogen-bond acceptors (Lipinski definition) is 2. The minimum Gasteiger partial charge on any atom is -0.374 e. The Morgan fingerprint density at radius 2 is 2.56 bits per heavy atom. The maximum Gasteiger partial charge on any atom is 0.161 e. The van der Waals surface area contributed by atoms with E-state index in [1.54, 1.807) is 0 Å². The first-order valence-corrected chi connectivity index (χ1v) is 3.45. The van der Waals surface area contributed by atoms with Crippen molar-refractivity contribution in [3.05, 3.63) is 0 Å². The fourth-order valence-corrected chi connectivity index (χ4v) is 1.11. The van der Waals surface area contributed by atoms with Crippen LogP contribution in [0.25, 0.3) is 0 Å². The molecule has 1 atom stereocenters. The molecule has 0 amide bonds. The molecule has 1 rings (SSSR count). The van der Waals surface area contributed by atoms with E-state index in [0.29, 0.717) is 12.5 Å². The van der Waals surface area contributed by atoms with Gasteiger partial charge in [0, 0.05) is 12.5 Å². The van der Waals surface area contributed by atoms with Gasteiger partial charge in [0.25, 0.3) is 0 Å². The maximum absolute atomic E-state index is 10.9. The molecule has 1 saturated heterocycles. The van der Waals surface area contributed by atoms with Crippen molar-refractivity contribution < 1.29 is 9.53 Å². The van der Waals surface area contributed by atoms with E-state index in [0.717, 1.165) is 19.4 Å². The second-order valence-electron chi connectivity index (χ2n) is 2.41. The van der Waals surface area contributed by atoms with Crippen LogP contribution in [-0.4, -0.2) is 19.0 Å². The molecule has 1 unspecified atom stereocenters. The van der Waals surface area contributed by atoms with Crippen molar-refractivity contribution in [3.63, 3.8) is 0 Å². The molecule has 0 aliphatic carbocycles. The first-order valence-electron chi connectivity index (χ1n) is 3.45. The predicted molar refractivity (Wildman–Crippen MR) is 34.2 cm³/mol. The highest BCUT2D eigenvalue weighted by atomic mass is 16.5. The number of carbonyl (C=O) groups is 1. The summed E-state index contributed by atoms with van der Waals surface area (Å²) in [5, 5.41) is 0. The van der Waals surface area contributed by atoms with E-state index >= 15 is 0 Å². The van der Waals surface area contributed by atoms with Gasteiger partial charge in [0.05, 0.1) is 0 Å². The molecule has 0 saturated carbocycles. The van der Waals surface area contributed by atoms with Crippen LogP contribution in [0.3, 0.4) is 0 Å². The van der Waals surface area contributed by atoms with Crippen molar-refractivity contribution in [2.45, 2.75) is 19.8 Å².